The summed E-state index contributed by atoms with van der Waals surface area (Å²) in [5, 5.41) is 0. The summed E-state index contributed by atoms with van der Waals surface area (Å²) >= 11 is 0. The molecular formula is C93H78N4. The largest absolute Gasteiger partial charge is 0.311 e. The van der Waals surface area contributed by atoms with Gasteiger partial charge in [-0.25, -0.2) is 0 Å². The summed E-state index contributed by atoms with van der Waals surface area (Å²) in [6, 6.07) is 144. The van der Waals surface area contributed by atoms with Crippen LogP contribution < -0.4 is 19.6 Å². The van der Waals surface area contributed by atoms with E-state index in [0.717, 1.165) is 113 Å². The van der Waals surface area contributed by atoms with E-state index in [-0.39, 0.29) is 22.3 Å². The van der Waals surface area contributed by atoms with Crippen molar-refractivity contribution >= 4 is 68.2 Å². The first-order valence-electron chi connectivity index (χ1n) is 32.0. The first-order chi connectivity index (χ1) is 46.6. The maximum Gasteiger partial charge on any atom is 0.0462 e. The first-order valence-corrected chi connectivity index (χ1v) is 32.0. The van der Waals surface area contributed by atoms with Gasteiger partial charge in [-0.3, -0.25) is 0 Å². The molecule has 470 valence electrons. The summed E-state index contributed by atoms with van der Waals surface area (Å²) in [6.07, 6.45) is 0. The fourth-order valence-corrected chi connectivity index (χ4v) is 12.6. The molecule has 0 aromatic heterocycles. The average Bonchev–Trinajstić information content (AvgIpc) is 0.835. The highest BCUT2D eigenvalue weighted by atomic mass is 15.2. The molecule has 0 radical (unpaired) electrons. The molecule has 15 aromatic rings. The van der Waals surface area contributed by atoms with Crippen molar-refractivity contribution < 1.29 is 0 Å². The Morgan fingerprint density at radius 3 is 0.320 bits per heavy atom. The van der Waals surface area contributed by atoms with Gasteiger partial charge in [0.2, 0.25) is 0 Å². The van der Waals surface area contributed by atoms with Gasteiger partial charge in [0.1, 0.15) is 0 Å². The Morgan fingerprint density at radius 1 is 0.0928 bits per heavy atom. The fraction of sp³-hybridized carbons (Fsp3) is 0.0323. The van der Waals surface area contributed by atoms with Crippen LogP contribution in [0.15, 0.2) is 400 Å². The van der Waals surface area contributed by atoms with E-state index in [1.165, 1.54) is 22.3 Å². The van der Waals surface area contributed by atoms with Gasteiger partial charge in [-0.2, -0.15) is 0 Å². The topological polar surface area (TPSA) is 13.0 Å². The molecule has 0 saturated carbocycles. The summed E-state index contributed by atoms with van der Waals surface area (Å²) < 4.78 is 0. The monoisotopic (exact) mass is 1250 g/mol. The molecule has 97 heavy (non-hydrogen) atoms. The summed E-state index contributed by atoms with van der Waals surface area (Å²) in [6.45, 7) is 0. The van der Waals surface area contributed by atoms with Crippen molar-refractivity contribution in [2.24, 2.45) is 0 Å². The highest BCUT2D eigenvalue weighted by Gasteiger charge is 2.19. The van der Waals surface area contributed by atoms with Crippen molar-refractivity contribution in [1.29, 1.82) is 0 Å². The van der Waals surface area contributed by atoms with Crippen LogP contribution in [0.3, 0.4) is 0 Å². The summed E-state index contributed by atoms with van der Waals surface area (Å²) in [5.41, 5.74) is 27.2. The zero-order valence-electron chi connectivity index (χ0n) is 51.9. The van der Waals surface area contributed by atoms with Crippen LogP contribution in [-0.2, 0) is 0 Å². The van der Waals surface area contributed by atoms with Crippen LogP contribution in [0.25, 0.3) is 66.8 Å². The molecule has 0 amide bonds. The number of benzene rings is 15. The Kier molecular flexibility index (Phi) is 20.0. The van der Waals surface area contributed by atoms with Crippen LogP contribution in [0.2, 0.25) is 0 Å². The van der Waals surface area contributed by atoms with Crippen LogP contribution in [0, 0.1) is 0 Å². The number of anilines is 12. The molecule has 0 unspecified atom stereocenters. The van der Waals surface area contributed by atoms with E-state index in [4.69, 9.17) is 0 Å². The number of rotatable bonds is 18. The van der Waals surface area contributed by atoms with Gasteiger partial charge in [0.25, 0.3) is 0 Å². The third kappa shape index (κ3) is 14.2. The van der Waals surface area contributed by atoms with E-state index in [2.05, 4.69) is 420 Å². The van der Waals surface area contributed by atoms with Crippen LogP contribution in [-0.4, -0.2) is 0 Å². The molecule has 15 rings (SSSR count). The molecule has 0 spiro atoms. The van der Waals surface area contributed by atoms with Gasteiger partial charge in [0.05, 0.1) is 0 Å². The van der Waals surface area contributed by atoms with Crippen molar-refractivity contribution in [3.63, 3.8) is 0 Å². The molecule has 15 aromatic carbocycles. The molecule has 4 heteroatoms. The Hall–Kier alpha value is -12.5. The third-order valence-electron chi connectivity index (χ3n) is 17.5. The van der Waals surface area contributed by atoms with Gasteiger partial charge in [-0.15, -0.1) is 0 Å². The highest BCUT2D eigenvalue weighted by Crippen LogP contribution is 2.43. The lowest BCUT2D eigenvalue weighted by Gasteiger charge is -2.26. The minimum Gasteiger partial charge on any atom is -0.311 e. The van der Waals surface area contributed by atoms with Crippen LogP contribution in [0.1, 0.15) is 22.3 Å². The Labute approximate surface area is 573 Å². The van der Waals surface area contributed by atoms with E-state index in [0.29, 0.717) is 0 Å². The van der Waals surface area contributed by atoms with Crippen molar-refractivity contribution in [3.05, 3.63) is 400 Å². The summed E-state index contributed by atoms with van der Waals surface area (Å²) in [5.74, 6) is 0. The highest BCUT2D eigenvalue weighted by molar-refractivity contribution is 5.86. The average molecular weight is 1250 g/mol. The molecule has 0 aliphatic carbocycles. The van der Waals surface area contributed by atoms with Gasteiger partial charge in [-0.1, -0.05) is 277 Å². The zero-order chi connectivity index (χ0) is 62.8. The number of nitrogens with zero attached hydrogens (tertiary/aromatic N) is 4. The van der Waals surface area contributed by atoms with Gasteiger partial charge < -0.3 is 19.6 Å². The van der Waals surface area contributed by atoms with Gasteiger partial charge in [0, 0.05) is 68.2 Å². The Morgan fingerprint density at radius 2 is 0.186 bits per heavy atom. The maximum absolute atomic E-state index is 2.33. The van der Waals surface area contributed by atoms with Gasteiger partial charge in [0.15, 0.2) is 0 Å². The molecule has 0 N–H and O–H groups in total. The van der Waals surface area contributed by atoms with E-state index in [9.17, 15) is 0 Å². The van der Waals surface area contributed by atoms with Crippen LogP contribution in [0.5, 0.6) is 0 Å². The second kappa shape index (κ2) is 30.1. The molecule has 0 atom stereocenters. The molecule has 0 heterocycles. The van der Waals surface area contributed by atoms with E-state index < -0.39 is 0 Å². The lowest BCUT2D eigenvalue weighted by atomic mass is 9.99. The Bertz CT molecular complexity index is 4560. The zero-order valence-corrected chi connectivity index (χ0v) is 51.9. The summed E-state index contributed by atoms with van der Waals surface area (Å²) in [7, 11) is 0. The van der Waals surface area contributed by atoms with Crippen molar-refractivity contribution in [2.45, 2.75) is 22.3 Å². The predicted octanol–water partition coefficient (Wildman–Crippen LogP) is 27.5. The lowest BCUT2D eigenvalue weighted by Crippen LogP contribution is -2.10. The van der Waals surface area contributed by atoms with Crippen molar-refractivity contribution in [3.8, 4) is 66.8 Å². The minimum atomic E-state index is 0. The standard InChI is InChI=1S/C90H66N4.3CH4/c1-7-19-67(20-8-1)71-35-51-83(52-36-71)91(79-23-11-3-12-24-79)87-59-43-75(44-60-87)77-47-63-89(64-48-77)93(81-27-15-5-16-28-81)85-55-39-73(40-56-85)69-31-33-70(34-32-69)74-41-57-86(58-42-74)94(82-29-17-6-18-30-82)90-65-49-78(50-66-90)76-45-61-88(62-46-76)92(80-25-13-4-14-26-80)84-53-37-72(38-54-84)68-21-9-2-10-22-68;;;/h1-66H;3*1H4. The molecule has 0 aliphatic heterocycles. The van der Waals surface area contributed by atoms with E-state index >= 15 is 0 Å². The van der Waals surface area contributed by atoms with E-state index in [1.807, 2.05) is 0 Å². The third-order valence-corrected chi connectivity index (χ3v) is 17.5. The first kappa shape index (κ1) is 64.6. The molecule has 4 nitrogen and oxygen atoms in total. The second-order valence-electron chi connectivity index (χ2n) is 23.4. The SMILES string of the molecule is C.C.C.c1ccc(-c2ccc(N(c3ccccc3)c3ccc(-c4ccc(N(c5ccccc5)c5ccc(-c6ccc(-c7ccc(N(c8ccccc8)c8ccc(-c9ccc(N(c%10ccccc%10)c%10ccc(-c%11ccccc%11)cc%10)cc9)cc8)cc7)cc6)cc5)cc4)cc3)cc2)cc1. The second-order valence-corrected chi connectivity index (χ2v) is 23.4. The van der Waals surface area contributed by atoms with Gasteiger partial charge in [-0.05, 0) is 212 Å². The quantitative estimate of drug-likeness (QED) is 0.0849. The molecule has 0 fully saturated rings. The van der Waals surface area contributed by atoms with Crippen molar-refractivity contribution in [2.75, 3.05) is 19.6 Å². The maximum atomic E-state index is 2.33. The molecular weight excluding hydrogens is 1170 g/mol. The smallest absolute Gasteiger partial charge is 0.0462 e. The van der Waals surface area contributed by atoms with Crippen LogP contribution >= 0.6 is 0 Å². The lowest BCUT2D eigenvalue weighted by molar-refractivity contribution is 1.28. The molecule has 0 aliphatic rings. The van der Waals surface area contributed by atoms with Crippen LogP contribution in [0.4, 0.5) is 68.2 Å². The number of para-hydroxylation sites is 4. The van der Waals surface area contributed by atoms with Crippen molar-refractivity contribution in [1.82, 2.24) is 0 Å². The minimum absolute atomic E-state index is 0. The number of hydrogen-bond donors (Lipinski definition) is 0. The molecule has 0 bridgehead atoms. The fourth-order valence-electron chi connectivity index (χ4n) is 12.6. The van der Waals surface area contributed by atoms with Gasteiger partial charge >= 0.3 is 0 Å². The predicted molar refractivity (Wildman–Crippen MR) is 418 cm³/mol. The number of hydrogen-bond acceptors (Lipinski definition) is 4. The van der Waals surface area contributed by atoms with E-state index in [1.54, 1.807) is 0 Å². The molecule has 0 saturated heterocycles. The normalized spacial score (nSPS) is 10.6. The Balaban J connectivity index is 0.00000299. The summed E-state index contributed by atoms with van der Waals surface area (Å²) in [4.78, 5) is 9.28.